The lowest BCUT2D eigenvalue weighted by atomic mass is 10.1. The summed E-state index contributed by atoms with van der Waals surface area (Å²) in [6.45, 7) is 4.70. The number of hydrogen-bond acceptors (Lipinski definition) is 0. The molecule has 6 aromatic carbocycles. The summed E-state index contributed by atoms with van der Waals surface area (Å²) in [4.78, 5) is 5.17. The van der Waals surface area contributed by atoms with Crippen molar-refractivity contribution in [1.29, 1.82) is 0 Å². The Balaban J connectivity index is 0.00000433. The molecular weight excluding hydrogens is 685 g/mol. The van der Waals surface area contributed by atoms with Gasteiger partial charge in [0.1, 0.15) is 0 Å². The molecule has 4 heteroatoms. The number of halogens is 1. The fraction of sp³-hybridized carbons (Fsp3) is 0.140. The molecule has 0 amide bonds. The van der Waals surface area contributed by atoms with E-state index < -0.39 is 0 Å². The van der Waals surface area contributed by atoms with Gasteiger partial charge < -0.3 is 24.0 Å². The highest BCUT2D eigenvalue weighted by Crippen LogP contribution is 2.20. The summed E-state index contributed by atoms with van der Waals surface area (Å²) in [7, 11) is 0. The van der Waals surface area contributed by atoms with Crippen molar-refractivity contribution in [3.63, 3.8) is 0 Å². The molecule has 0 bridgehead atoms. The summed E-state index contributed by atoms with van der Waals surface area (Å²) in [6.07, 6.45) is 0. The normalized spacial score (nSPS) is 10.5. The third-order valence-electron chi connectivity index (χ3n) is 8.15. The molecule has 0 aromatic heterocycles. The monoisotopic (exact) mass is 727 g/mol. The van der Waals surface area contributed by atoms with E-state index in [1.54, 1.807) is 0 Å². The Hall–Kier alpha value is -4.68. The first-order valence-electron chi connectivity index (χ1n) is 16.2. The number of benzene rings is 6. The highest BCUT2D eigenvalue weighted by Gasteiger charge is 2.31. The van der Waals surface area contributed by atoms with Crippen LogP contribution in [-0.2, 0) is 39.3 Å². The van der Waals surface area contributed by atoms with Crippen molar-refractivity contribution in [1.82, 2.24) is 9.80 Å². The SMILES string of the molecule is [I-].c1ccc(CN(Cc2ccccc2)C(N(Cc2ccccc2)Cc2ccccc2)=[N+](Cc2ccccc2)Cc2ccccc2)cc1. The molecule has 47 heavy (non-hydrogen) atoms. The first-order chi connectivity index (χ1) is 22.8. The second kappa shape index (κ2) is 17.9. The van der Waals surface area contributed by atoms with E-state index in [-0.39, 0.29) is 24.0 Å². The number of hydrogen-bond donors (Lipinski definition) is 0. The third kappa shape index (κ3) is 10.2. The molecule has 0 spiro atoms. The van der Waals surface area contributed by atoms with Crippen LogP contribution in [0.4, 0.5) is 0 Å². The Morgan fingerprint density at radius 2 is 0.532 bits per heavy atom. The molecule has 6 aromatic rings. The maximum Gasteiger partial charge on any atom is 0.352 e. The predicted molar refractivity (Wildman–Crippen MR) is 190 cm³/mol. The molecule has 0 atom stereocenters. The van der Waals surface area contributed by atoms with Crippen LogP contribution >= 0.6 is 0 Å². The minimum atomic E-state index is 0. The smallest absolute Gasteiger partial charge is 0.352 e. The van der Waals surface area contributed by atoms with Crippen molar-refractivity contribution in [3.8, 4) is 0 Å². The van der Waals surface area contributed by atoms with Crippen LogP contribution in [0.1, 0.15) is 33.4 Å². The minimum Gasteiger partial charge on any atom is -1.00 e. The Bertz CT molecular complexity index is 1550. The number of rotatable bonds is 12. The van der Waals surface area contributed by atoms with E-state index in [2.05, 4.69) is 196 Å². The highest BCUT2D eigenvalue weighted by atomic mass is 127. The van der Waals surface area contributed by atoms with Crippen LogP contribution in [0.5, 0.6) is 0 Å². The zero-order chi connectivity index (χ0) is 31.2. The summed E-state index contributed by atoms with van der Waals surface area (Å²) in [5.41, 5.74) is 7.72. The summed E-state index contributed by atoms with van der Waals surface area (Å²) < 4.78 is 2.59. The summed E-state index contributed by atoms with van der Waals surface area (Å²) in [5, 5.41) is 0. The lowest BCUT2D eigenvalue weighted by Gasteiger charge is -2.32. The molecule has 0 saturated carbocycles. The summed E-state index contributed by atoms with van der Waals surface area (Å²) >= 11 is 0. The second-order valence-corrected chi connectivity index (χ2v) is 11.8. The average Bonchev–Trinajstić information content (AvgIpc) is 3.11. The topological polar surface area (TPSA) is 9.49 Å². The van der Waals surface area contributed by atoms with Gasteiger partial charge in [0.25, 0.3) is 0 Å². The first-order valence-corrected chi connectivity index (χ1v) is 16.2. The Labute approximate surface area is 297 Å². The summed E-state index contributed by atoms with van der Waals surface area (Å²) in [5.74, 6) is 1.22. The molecule has 0 unspecified atom stereocenters. The second-order valence-electron chi connectivity index (χ2n) is 11.8. The number of guanidine groups is 1. The van der Waals surface area contributed by atoms with Crippen molar-refractivity contribution in [2.45, 2.75) is 39.3 Å². The lowest BCUT2D eigenvalue weighted by molar-refractivity contribution is -0.570. The van der Waals surface area contributed by atoms with E-state index in [4.69, 9.17) is 0 Å². The standard InChI is InChI=1S/C43H42N3.HI/c1-7-19-37(20-8-1)31-44(32-38-21-9-2-10-22-38)43(45(33-39-23-11-3-12-24-39)34-40-25-13-4-14-26-40)46(35-41-27-15-5-16-28-41)36-42-29-17-6-18-30-42;/h1-30H,31-36H2;1H/q+1;/p-1. The van der Waals surface area contributed by atoms with E-state index >= 15 is 0 Å². The molecular formula is C43H42IN3. The van der Waals surface area contributed by atoms with Crippen LogP contribution in [0.3, 0.4) is 0 Å². The van der Waals surface area contributed by atoms with Gasteiger partial charge in [-0.05, 0) is 33.4 Å². The average molecular weight is 728 g/mol. The van der Waals surface area contributed by atoms with Gasteiger partial charge in [-0.25, -0.2) is 0 Å². The van der Waals surface area contributed by atoms with E-state index in [0.29, 0.717) is 0 Å². The van der Waals surface area contributed by atoms with Gasteiger partial charge in [0, 0.05) is 0 Å². The van der Waals surface area contributed by atoms with Crippen molar-refractivity contribution >= 4 is 5.96 Å². The van der Waals surface area contributed by atoms with Crippen LogP contribution in [0, 0.1) is 0 Å². The van der Waals surface area contributed by atoms with Gasteiger partial charge in [0.15, 0.2) is 0 Å². The van der Waals surface area contributed by atoms with Gasteiger partial charge in [-0.2, -0.15) is 0 Å². The molecule has 0 aliphatic heterocycles. The maximum atomic E-state index is 2.59. The van der Waals surface area contributed by atoms with Crippen molar-refractivity contribution < 1.29 is 28.6 Å². The fourth-order valence-electron chi connectivity index (χ4n) is 6.01. The van der Waals surface area contributed by atoms with Crippen molar-refractivity contribution in [3.05, 3.63) is 215 Å². The number of nitrogens with zero attached hydrogens (tertiary/aromatic N) is 3. The Morgan fingerprint density at radius 1 is 0.319 bits per heavy atom. The largest absolute Gasteiger partial charge is 1.00 e. The fourth-order valence-corrected chi connectivity index (χ4v) is 6.01. The van der Waals surface area contributed by atoms with E-state index in [1.807, 2.05) is 0 Å². The molecule has 0 heterocycles. The van der Waals surface area contributed by atoms with Gasteiger partial charge in [0.05, 0.1) is 39.3 Å². The van der Waals surface area contributed by atoms with E-state index in [1.165, 1.54) is 39.3 Å². The molecule has 3 nitrogen and oxygen atoms in total. The summed E-state index contributed by atoms with van der Waals surface area (Å²) in [6, 6.07) is 65.3. The maximum absolute atomic E-state index is 2.59. The van der Waals surface area contributed by atoms with Gasteiger partial charge in [-0.1, -0.05) is 182 Å². The van der Waals surface area contributed by atoms with E-state index in [0.717, 1.165) is 39.3 Å². The van der Waals surface area contributed by atoms with Gasteiger partial charge in [0.2, 0.25) is 0 Å². The Morgan fingerprint density at radius 3 is 0.766 bits per heavy atom. The van der Waals surface area contributed by atoms with Gasteiger partial charge in [-0.15, -0.1) is 0 Å². The van der Waals surface area contributed by atoms with Crippen LogP contribution in [0.2, 0.25) is 0 Å². The molecule has 6 rings (SSSR count). The minimum absolute atomic E-state index is 0. The first kappa shape index (κ1) is 33.7. The Kier molecular flexibility index (Phi) is 12.8. The molecule has 0 saturated heterocycles. The van der Waals surface area contributed by atoms with Crippen molar-refractivity contribution in [2.75, 3.05) is 0 Å². The van der Waals surface area contributed by atoms with E-state index in [9.17, 15) is 0 Å². The third-order valence-corrected chi connectivity index (χ3v) is 8.15. The van der Waals surface area contributed by atoms with Gasteiger partial charge >= 0.3 is 5.96 Å². The highest BCUT2D eigenvalue weighted by molar-refractivity contribution is 5.75. The van der Waals surface area contributed by atoms with Crippen LogP contribution < -0.4 is 24.0 Å². The van der Waals surface area contributed by atoms with Crippen LogP contribution in [-0.4, -0.2) is 20.3 Å². The molecule has 0 fully saturated rings. The zero-order valence-electron chi connectivity index (χ0n) is 26.8. The molecule has 0 N–H and O–H groups in total. The molecule has 0 aliphatic rings. The van der Waals surface area contributed by atoms with Gasteiger partial charge in [-0.3, -0.25) is 14.4 Å². The van der Waals surface area contributed by atoms with Crippen LogP contribution in [0.15, 0.2) is 182 Å². The molecule has 0 radical (unpaired) electrons. The lowest BCUT2D eigenvalue weighted by Crippen LogP contribution is -3.00. The zero-order valence-corrected chi connectivity index (χ0v) is 28.9. The molecule has 236 valence electrons. The predicted octanol–water partition coefficient (Wildman–Crippen LogP) is 6.16. The van der Waals surface area contributed by atoms with Crippen molar-refractivity contribution in [2.24, 2.45) is 0 Å². The quantitative estimate of drug-likeness (QED) is 0.0647. The van der Waals surface area contributed by atoms with Crippen LogP contribution in [0.25, 0.3) is 0 Å². The molecule has 0 aliphatic carbocycles.